The van der Waals surface area contributed by atoms with Gasteiger partial charge in [-0.3, -0.25) is 4.90 Å². The van der Waals surface area contributed by atoms with Crippen LogP contribution in [0.5, 0.6) is 17.2 Å². The van der Waals surface area contributed by atoms with Crippen molar-refractivity contribution in [1.82, 2.24) is 4.90 Å². The summed E-state index contributed by atoms with van der Waals surface area (Å²) in [7, 11) is 0. The fourth-order valence-electron chi connectivity index (χ4n) is 5.36. The molecule has 4 nitrogen and oxygen atoms in total. The summed E-state index contributed by atoms with van der Waals surface area (Å²) in [5.41, 5.74) is 2.73. The molecule has 1 N–H and O–H groups in total. The summed E-state index contributed by atoms with van der Waals surface area (Å²) in [4.78, 5) is 2.43. The summed E-state index contributed by atoms with van der Waals surface area (Å²) in [6.45, 7) is 3.80. The van der Waals surface area contributed by atoms with Gasteiger partial charge in [-0.05, 0) is 78.2 Å². The zero-order chi connectivity index (χ0) is 24.6. The maximum atomic E-state index is 14.8. The molecular formula is C30H28ClF2NO3. The van der Waals surface area contributed by atoms with Crippen molar-refractivity contribution in [3.8, 4) is 28.4 Å². The summed E-state index contributed by atoms with van der Waals surface area (Å²) in [5.74, 6) is -0.434. The van der Waals surface area contributed by atoms with Crippen LogP contribution in [0.25, 0.3) is 21.9 Å². The molecular weight excluding hydrogens is 496 g/mol. The van der Waals surface area contributed by atoms with Gasteiger partial charge in [-0.25, -0.2) is 8.78 Å². The molecule has 0 spiro atoms. The molecule has 1 unspecified atom stereocenters. The number of aromatic hydroxyl groups is 1. The predicted octanol–water partition coefficient (Wildman–Crippen LogP) is 7.26. The first-order chi connectivity index (χ1) is 17.6. The summed E-state index contributed by atoms with van der Waals surface area (Å²) in [6.07, 6.45) is 3.21. The van der Waals surface area contributed by atoms with Gasteiger partial charge in [-0.1, -0.05) is 36.8 Å². The highest BCUT2D eigenvalue weighted by Gasteiger charge is 2.32. The molecule has 0 saturated carbocycles. The van der Waals surface area contributed by atoms with Gasteiger partial charge in [0.05, 0.1) is 0 Å². The van der Waals surface area contributed by atoms with Crippen molar-refractivity contribution in [2.24, 2.45) is 0 Å². The van der Waals surface area contributed by atoms with Gasteiger partial charge in [-0.15, -0.1) is 12.4 Å². The van der Waals surface area contributed by atoms with Crippen LogP contribution in [-0.2, 0) is 0 Å². The number of likely N-dealkylation sites (tertiary alicyclic amines) is 1. The number of phenolic OH excluding ortho intramolecular Hbond substituents is 1. The van der Waals surface area contributed by atoms with Gasteiger partial charge in [0, 0.05) is 23.7 Å². The maximum Gasteiger partial charge on any atom is 0.168 e. The molecule has 2 aliphatic heterocycles. The second kappa shape index (κ2) is 10.6. The van der Waals surface area contributed by atoms with Gasteiger partial charge >= 0.3 is 0 Å². The molecule has 4 aromatic carbocycles. The smallest absolute Gasteiger partial charge is 0.168 e. The molecule has 1 fully saturated rings. The van der Waals surface area contributed by atoms with Crippen molar-refractivity contribution >= 4 is 23.2 Å². The number of phenols is 1. The zero-order valence-corrected chi connectivity index (χ0v) is 21.1. The second-order valence-electron chi connectivity index (χ2n) is 9.51. The van der Waals surface area contributed by atoms with E-state index < -0.39 is 17.7 Å². The van der Waals surface area contributed by atoms with E-state index in [9.17, 15) is 13.9 Å². The number of hydrogen-bond donors (Lipinski definition) is 1. The summed E-state index contributed by atoms with van der Waals surface area (Å²) in [6, 6.07) is 18.6. The monoisotopic (exact) mass is 523 g/mol. The van der Waals surface area contributed by atoms with E-state index in [-0.39, 0.29) is 23.9 Å². The lowest BCUT2D eigenvalue weighted by Crippen LogP contribution is -2.33. The second-order valence-corrected chi connectivity index (χ2v) is 9.51. The third kappa shape index (κ3) is 4.96. The molecule has 0 bridgehead atoms. The van der Waals surface area contributed by atoms with E-state index in [1.807, 2.05) is 42.5 Å². The third-order valence-corrected chi connectivity index (χ3v) is 7.15. The molecule has 7 heteroatoms. The van der Waals surface area contributed by atoms with Crippen molar-refractivity contribution in [3.05, 3.63) is 89.5 Å². The summed E-state index contributed by atoms with van der Waals surface area (Å²) >= 11 is 0. The number of piperidine rings is 1. The summed E-state index contributed by atoms with van der Waals surface area (Å²) < 4.78 is 41.2. The number of fused-ring (bicyclic) bond motifs is 5. The number of hydrogen-bond acceptors (Lipinski definition) is 4. The number of rotatable bonds is 5. The molecule has 0 aliphatic carbocycles. The Labute approximate surface area is 220 Å². The Morgan fingerprint density at radius 3 is 2.46 bits per heavy atom. The topological polar surface area (TPSA) is 41.9 Å². The van der Waals surface area contributed by atoms with Crippen molar-refractivity contribution in [1.29, 1.82) is 0 Å². The Morgan fingerprint density at radius 1 is 0.892 bits per heavy atom. The number of nitrogens with zero attached hydrogens (tertiary/aromatic N) is 1. The van der Waals surface area contributed by atoms with E-state index in [2.05, 4.69) is 4.90 Å². The number of ether oxygens (including phenoxy) is 2. The van der Waals surface area contributed by atoms with Crippen LogP contribution < -0.4 is 9.47 Å². The largest absolute Gasteiger partial charge is 0.508 e. The lowest BCUT2D eigenvalue weighted by Gasteiger charge is -2.31. The Kier molecular flexibility index (Phi) is 7.22. The third-order valence-electron chi connectivity index (χ3n) is 7.15. The standard InChI is InChI=1S/C30H27F2NO3.ClH/c31-21-17-26-25-10-6-20-16-22(34)7-11-24(20)28(25)29(36-30(26)27(32)18-21)19-4-8-23(9-5-19)35-15-14-33-12-2-1-3-13-33;/h4-11,16-18,29,34H,1-3,12-15H2;1H. The van der Waals surface area contributed by atoms with Crippen LogP contribution in [0.4, 0.5) is 8.78 Å². The average Bonchev–Trinajstić information content (AvgIpc) is 2.89. The first-order valence-corrected chi connectivity index (χ1v) is 12.4. The molecule has 1 saturated heterocycles. The zero-order valence-electron chi connectivity index (χ0n) is 20.3. The Morgan fingerprint density at radius 2 is 1.68 bits per heavy atom. The van der Waals surface area contributed by atoms with E-state index in [0.717, 1.165) is 53.3 Å². The molecule has 0 radical (unpaired) electrons. The molecule has 1 atom stereocenters. The van der Waals surface area contributed by atoms with Crippen molar-refractivity contribution in [2.75, 3.05) is 26.2 Å². The molecule has 192 valence electrons. The highest BCUT2D eigenvalue weighted by molar-refractivity contribution is 5.95. The first-order valence-electron chi connectivity index (χ1n) is 12.4. The number of benzene rings is 4. The summed E-state index contributed by atoms with van der Waals surface area (Å²) in [5, 5.41) is 11.7. The van der Waals surface area contributed by atoms with Gasteiger partial charge in [0.2, 0.25) is 0 Å². The Balaban J connectivity index is 0.00000280. The van der Waals surface area contributed by atoms with Crippen molar-refractivity contribution < 1.29 is 23.4 Å². The lowest BCUT2D eigenvalue weighted by molar-refractivity contribution is 0.183. The highest BCUT2D eigenvalue weighted by atomic mass is 35.5. The van der Waals surface area contributed by atoms with Crippen LogP contribution >= 0.6 is 12.4 Å². The van der Waals surface area contributed by atoms with Crippen molar-refractivity contribution in [3.63, 3.8) is 0 Å². The van der Waals surface area contributed by atoms with E-state index in [1.54, 1.807) is 12.1 Å². The minimum Gasteiger partial charge on any atom is -0.508 e. The molecule has 2 aliphatic rings. The quantitative estimate of drug-likeness (QED) is 0.299. The Bertz CT molecular complexity index is 1420. The van der Waals surface area contributed by atoms with Gasteiger partial charge < -0.3 is 14.6 Å². The minimum atomic E-state index is -0.732. The molecule has 0 aromatic heterocycles. The van der Waals surface area contributed by atoms with Crippen LogP contribution in [0, 0.1) is 11.6 Å². The predicted molar refractivity (Wildman–Crippen MR) is 143 cm³/mol. The van der Waals surface area contributed by atoms with E-state index in [4.69, 9.17) is 9.47 Å². The van der Waals surface area contributed by atoms with Crippen LogP contribution in [0.1, 0.15) is 36.5 Å². The van der Waals surface area contributed by atoms with Gasteiger partial charge in [0.1, 0.15) is 23.9 Å². The molecule has 6 rings (SSSR count). The molecule has 2 heterocycles. The van der Waals surface area contributed by atoms with E-state index in [0.29, 0.717) is 17.7 Å². The van der Waals surface area contributed by atoms with Crippen LogP contribution in [0.3, 0.4) is 0 Å². The lowest BCUT2D eigenvalue weighted by atomic mass is 9.86. The minimum absolute atomic E-state index is 0. The first kappa shape index (κ1) is 25.3. The number of halogens is 3. The Hall–Kier alpha value is -3.35. The van der Waals surface area contributed by atoms with Crippen LogP contribution in [0.2, 0.25) is 0 Å². The van der Waals surface area contributed by atoms with Crippen molar-refractivity contribution in [2.45, 2.75) is 25.4 Å². The fourth-order valence-corrected chi connectivity index (χ4v) is 5.36. The maximum absolute atomic E-state index is 14.8. The van der Waals surface area contributed by atoms with Crippen LogP contribution in [0.15, 0.2) is 66.7 Å². The fraction of sp³-hybridized carbons (Fsp3) is 0.267. The van der Waals surface area contributed by atoms with Gasteiger partial charge in [-0.2, -0.15) is 0 Å². The SMILES string of the molecule is Cl.Oc1ccc2c3c(ccc2c1)-c1cc(F)cc(F)c1OC3c1ccc(OCCN2CCCCC2)cc1. The molecule has 0 amide bonds. The highest BCUT2D eigenvalue weighted by Crippen LogP contribution is 2.49. The van der Waals surface area contributed by atoms with Crippen LogP contribution in [-0.4, -0.2) is 36.2 Å². The van der Waals surface area contributed by atoms with Gasteiger partial charge in [0.15, 0.2) is 17.7 Å². The average molecular weight is 524 g/mol. The van der Waals surface area contributed by atoms with E-state index >= 15 is 0 Å². The van der Waals surface area contributed by atoms with Gasteiger partial charge in [0.25, 0.3) is 0 Å². The van der Waals surface area contributed by atoms with E-state index in [1.165, 1.54) is 25.3 Å². The normalized spacial score (nSPS) is 16.9. The molecule has 4 aromatic rings. The molecule has 37 heavy (non-hydrogen) atoms.